The van der Waals surface area contributed by atoms with Gasteiger partial charge in [-0.25, -0.2) is 0 Å². The van der Waals surface area contributed by atoms with E-state index in [1.807, 2.05) is 0 Å². The third-order valence-electron chi connectivity index (χ3n) is 2.57. The number of aliphatic hydroxyl groups excluding tert-OH is 2. The second-order valence-electron chi connectivity index (χ2n) is 3.78. The lowest BCUT2D eigenvalue weighted by Crippen LogP contribution is -2.33. The highest BCUT2D eigenvalue weighted by atomic mass is 16.4. The Labute approximate surface area is 88.7 Å². The van der Waals surface area contributed by atoms with Crippen LogP contribution in [0.3, 0.4) is 0 Å². The highest BCUT2D eigenvalue weighted by molar-refractivity contribution is 6.07. The number of likely N-dealkylation sites (tertiary alicyclic amines) is 1. The first-order valence-electron chi connectivity index (χ1n) is 5.31. The highest BCUT2D eigenvalue weighted by Crippen LogP contribution is 2.14. The van der Waals surface area contributed by atoms with Gasteiger partial charge in [-0.15, -0.1) is 0 Å². The molecular weight excluding hydrogens is 198 g/mol. The minimum atomic E-state index is -1.57. The Kier molecular flexibility index (Phi) is 4.23. The summed E-state index contributed by atoms with van der Waals surface area (Å²) >= 11 is 0. The molecule has 1 rings (SSSR count). The lowest BCUT2D eigenvalue weighted by molar-refractivity contribution is -0.141. The molecule has 15 heavy (non-hydrogen) atoms. The van der Waals surface area contributed by atoms with Crippen molar-refractivity contribution < 1.29 is 19.8 Å². The molecule has 0 aromatic carbocycles. The van der Waals surface area contributed by atoms with Gasteiger partial charge in [-0.2, -0.15) is 0 Å². The molecule has 2 N–H and O–H groups in total. The van der Waals surface area contributed by atoms with Crippen LogP contribution in [0.4, 0.5) is 0 Å². The quantitative estimate of drug-likeness (QED) is 0.485. The Morgan fingerprint density at radius 1 is 1.07 bits per heavy atom. The topological polar surface area (TPSA) is 77.8 Å². The predicted octanol–water partition coefficient (Wildman–Crippen LogP) is -0.343. The van der Waals surface area contributed by atoms with Gasteiger partial charge in [-0.3, -0.25) is 14.5 Å². The maximum Gasteiger partial charge on any atom is 0.261 e. The summed E-state index contributed by atoms with van der Waals surface area (Å²) in [4.78, 5) is 23.5. The smallest absolute Gasteiger partial charge is 0.261 e. The van der Waals surface area contributed by atoms with Crippen molar-refractivity contribution in [2.75, 3.05) is 6.54 Å². The molecule has 2 atom stereocenters. The second-order valence-corrected chi connectivity index (χ2v) is 3.78. The van der Waals surface area contributed by atoms with Crippen molar-refractivity contribution in [3.8, 4) is 0 Å². The van der Waals surface area contributed by atoms with Crippen LogP contribution in [0.15, 0.2) is 0 Å². The van der Waals surface area contributed by atoms with E-state index in [0.717, 1.165) is 30.6 Å². The summed E-state index contributed by atoms with van der Waals surface area (Å²) in [6, 6.07) is 0. The first-order valence-corrected chi connectivity index (χ1v) is 5.31. The van der Waals surface area contributed by atoms with Crippen LogP contribution in [-0.2, 0) is 9.59 Å². The number of carbonyl (C=O) groups is 2. The van der Waals surface area contributed by atoms with Gasteiger partial charge in [0.2, 0.25) is 0 Å². The largest absolute Gasteiger partial charge is 0.380 e. The van der Waals surface area contributed by atoms with Crippen LogP contribution in [-0.4, -0.2) is 45.7 Å². The molecular formula is C10H17NO4. The molecule has 0 aromatic rings. The van der Waals surface area contributed by atoms with Crippen molar-refractivity contribution in [2.24, 2.45) is 0 Å². The molecule has 0 saturated carbocycles. The number of unbranched alkanes of at least 4 members (excludes halogenated alkanes) is 3. The van der Waals surface area contributed by atoms with Crippen LogP contribution in [0.25, 0.3) is 0 Å². The number of carbonyl (C=O) groups excluding carboxylic acids is 2. The second kappa shape index (κ2) is 5.23. The molecule has 86 valence electrons. The van der Waals surface area contributed by atoms with Gasteiger partial charge in [0.25, 0.3) is 11.8 Å². The molecule has 1 heterocycles. The van der Waals surface area contributed by atoms with E-state index >= 15 is 0 Å². The van der Waals surface area contributed by atoms with E-state index in [4.69, 9.17) is 10.2 Å². The molecule has 2 amide bonds. The van der Waals surface area contributed by atoms with Crippen LogP contribution in [0.5, 0.6) is 0 Å². The van der Waals surface area contributed by atoms with Crippen molar-refractivity contribution in [1.82, 2.24) is 4.90 Å². The van der Waals surface area contributed by atoms with Crippen LogP contribution >= 0.6 is 0 Å². The van der Waals surface area contributed by atoms with E-state index in [1.54, 1.807) is 0 Å². The minimum Gasteiger partial charge on any atom is -0.380 e. The summed E-state index contributed by atoms with van der Waals surface area (Å²) in [5.41, 5.74) is 0. The molecule has 5 heteroatoms. The van der Waals surface area contributed by atoms with Gasteiger partial charge in [0.1, 0.15) is 0 Å². The fraction of sp³-hybridized carbons (Fsp3) is 0.800. The number of nitrogens with zero attached hydrogens (tertiary/aromatic N) is 1. The number of hydrogen-bond acceptors (Lipinski definition) is 4. The predicted molar refractivity (Wildman–Crippen MR) is 52.9 cm³/mol. The molecule has 0 aromatic heterocycles. The van der Waals surface area contributed by atoms with Gasteiger partial charge in [0, 0.05) is 6.54 Å². The summed E-state index contributed by atoms with van der Waals surface area (Å²) in [5, 5.41) is 18.3. The van der Waals surface area contributed by atoms with E-state index < -0.39 is 24.0 Å². The fourth-order valence-electron chi connectivity index (χ4n) is 1.62. The monoisotopic (exact) mass is 215 g/mol. The Hall–Kier alpha value is -0.940. The third kappa shape index (κ3) is 2.54. The summed E-state index contributed by atoms with van der Waals surface area (Å²) in [6.45, 7) is 2.37. The maximum absolute atomic E-state index is 11.3. The van der Waals surface area contributed by atoms with Gasteiger partial charge in [0.15, 0.2) is 12.2 Å². The summed E-state index contributed by atoms with van der Waals surface area (Å²) in [5.74, 6) is -1.35. The molecule has 1 aliphatic rings. The molecule has 1 fully saturated rings. The number of amides is 2. The van der Waals surface area contributed by atoms with Gasteiger partial charge >= 0.3 is 0 Å². The highest BCUT2D eigenvalue weighted by Gasteiger charge is 2.45. The minimum absolute atomic E-state index is 0.297. The first-order chi connectivity index (χ1) is 7.09. The Balaban J connectivity index is 2.41. The van der Waals surface area contributed by atoms with Gasteiger partial charge < -0.3 is 10.2 Å². The first kappa shape index (κ1) is 12.1. The van der Waals surface area contributed by atoms with E-state index in [0.29, 0.717) is 6.54 Å². The van der Waals surface area contributed by atoms with E-state index in [2.05, 4.69) is 6.92 Å². The van der Waals surface area contributed by atoms with Gasteiger partial charge in [-0.1, -0.05) is 26.2 Å². The van der Waals surface area contributed by atoms with E-state index in [9.17, 15) is 9.59 Å². The zero-order valence-corrected chi connectivity index (χ0v) is 8.85. The molecule has 0 spiro atoms. The van der Waals surface area contributed by atoms with Gasteiger partial charge in [0.05, 0.1) is 0 Å². The third-order valence-corrected chi connectivity index (χ3v) is 2.57. The van der Waals surface area contributed by atoms with Crippen LogP contribution in [0, 0.1) is 0 Å². The number of imide groups is 1. The summed E-state index contributed by atoms with van der Waals surface area (Å²) in [6.07, 6.45) is 0.672. The zero-order chi connectivity index (χ0) is 11.4. The number of rotatable bonds is 5. The average molecular weight is 215 g/mol. The van der Waals surface area contributed by atoms with Crippen molar-refractivity contribution in [3.63, 3.8) is 0 Å². The molecule has 5 nitrogen and oxygen atoms in total. The molecule has 1 saturated heterocycles. The molecule has 1 aliphatic heterocycles. The fourth-order valence-corrected chi connectivity index (χ4v) is 1.62. The average Bonchev–Trinajstić information content (AvgIpc) is 2.41. The van der Waals surface area contributed by atoms with Crippen molar-refractivity contribution in [2.45, 2.75) is 44.8 Å². The van der Waals surface area contributed by atoms with Gasteiger partial charge in [-0.05, 0) is 6.42 Å². The number of aliphatic hydroxyl groups is 2. The van der Waals surface area contributed by atoms with Crippen LogP contribution < -0.4 is 0 Å². The van der Waals surface area contributed by atoms with E-state index in [-0.39, 0.29) is 0 Å². The molecule has 0 bridgehead atoms. The number of hydrogen-bond donors (Lipinski definition) is 2. The summed E-state index contributed by atoms with van der Waals surface area (Å²) < 4.78 is 0. The van der Waals surface area contributed by atoms with Crippen molar-refractivity contribution in [1.29, 1.82) is 0 Å². The van der Waals surface area contributed by atoms with Crippen LogP contribution in [0.2, 0.25) is 0 Å². The van der Waals surface area contributed by atoms with Crippen molar-refractivity contribution in [3.05, 3.63) is 0 Å². The van der Waals surface area contributed by atoms with Crippen LogP contribution in [0.1, 0.15) is 32.6 Å². The lowest BCUT2D eigenvalue weighted by atomic mass is 10.2. The zero-order valence-electron chi connectivity index (χ0n) is 8.85. The summed E-state index contributed by atoms with van der Waals surface area (Å²) in [7, 11) is 0. The Morgan fingerprint density at radius 2 is 1.60 bits per heavy atom. The normalized spacial score (nSPS) is 26.5. The molecule has 2 unspecified atom stereocenters. The maximum atomic E-state index is 11.3. The van der Waals surface area contributed by atoms with Crippen molar-refractivity contribution >= 4 is 11.8 Å². The molecule has 0 aliphatic carbocycles. The standard InChI is InChI=1S/C10H17NO4/c1-2-3-4-5-6-11-9(14)7(12)8(13)10(11)15/h7-8,12-13H,2-6H2,1H3. The lowest BCUT2D eigenvalue weighted by Gasteiger charge is -2.12. The van der Waals surface area contributed by atoms with E-state index in [1.165, 1.54) is 0 Å². The Bertz CT molecular complexity index is 234. The SMILES string of the molecule is CCCCCCN1C(=O)C(O)C(O)C1=O. The molecule has 0 radical (unpaired) electrons. The Morgan fingerprint density at radius 3 is 2.07 bits per heavy atom.